The maximum absolute atomic E-state index is 11.1. The third-order valence-corrected chi connectivity index (χ3v) is 3.06. The molecule has 0 saturated carbocycles. The normalized spacial score (nSPS) is 25.1. The lowest BCUT2D eigenvalue weighted by Gasteiger charge is -2.29. The Balaban J connectivity index is 2.65. The first-order valence-electron chi connectivity index (χ1n) is 4.90. The minimum Gasteiger partial charge on any atom is -0.302 e. The first-order valence-corrected chi connectivity index (χ1v) is 4.90. The van der Waals surface area contributed by atoms with Gasteiger partial charge in [0.1, 0.15) is 6.29 Å². The molecule has 1 unspecified atom stereocenters. The van der Waals surface area contributed by atoms with Crippen molar-refractivity contribution >= 4 is 11.9 Å². The van der Waals surface area contributed by atoms with Crippen LogP contribution in [0.25, 0.3) is 5.57 Å². The predicted octanol–water partition coefficient (Wildman–Crippen LogP) is 2.95. The fraction of sp³-hybridized carbons (Fsp3) is 0.308. The largest absolute Gasteiger partial charge is 0.302 e. The van der Waals surface area contributed by atoms with Gasteiger partial charge in [-0.15, -0.1) is 0 Å². The number of allylic oxidation sites excluding steroid dienone is 2. The molecule has 1 atom stereocenters. The summed E-state index contributed by atoms with van der Waals surface area (Å²) in [5, 5.41) is 0. The van der Waals surface area contributed by atoms with Gasteiger partial charge in [0, 0.05) is 0 Å². The molecule has 0 saturated heterocycles. The van der Waals surface area contributed by atoms with Crippen molar-refractivity contribution in [3.05, 3.63) is 41.5 Å². The molecule has 0 radical (unpaired) electrons. The summed E-state index contributed by atoms with van der Waals surface area (Å²) in [5.41, 5.74) is 3.33. The fourth-order valence-electron chi connectivity index (χ4n) is 2.02. The topological polar surface area (TPSA) is 17.1 Å². The van der Waals surface area contributed by atoms with Gasteiger partial charge in [0.25, 0.3) is 0 Å². The molecule has 0 spiro atoms. The highest BCUT2D eigenvalue weighted by Gasteiger charge is 2.30. The lowest BCUT2D eigenvalue weighted by atomic mass is 9.73. The summed E-state index contributed by atoms with van der Waals surface area (Å²) in [6, 6.07) is 8.16. The Hall–Kier alpha value is -1.37. The van der Waals surface area contributed by atoms with E-state index in [0.29, 0.717) is 0 Å². The summed E-state index contributed by atoms with van der Waals surface area (Å²) in [7, 11) is 0. The average molecular weight is 186 g/mol. The zero-order valence-corrected chi connectivity index (χ0v) is 8.58. The Kier molecular flexibility index (Phi) is 2.03. The van der Waals surface area contributed by atoms with Crippen LogP contribution >= 0.6 is 0 Å². The second kappa shape index (κ2) is 3.09. The molecular weight excluding hydrogens is 172 g/mol. The van der Waals surface area contributed by atoms with Gasteiger partial charge in [-0.3, -0.25) is 0 Å². The van der Waals surface area contributed by atoms with Crippen LogP contribution in [0.5, 0.6) is 0 Å². The van der Waals surface area contributed by atoms with Crippen LogP contribution in [0.3, 0.4) is 0 Å². The van der Waals surface area contributed by atoms with Crippen LogP contribution < -0.4 is 0 Å². The number of fused-ring (bicyclic) bond motifs is 1. The van der Waals surface area contributed by atoms with Crippen LogP contribution in [0.4, 0.5) is 0 Å². The SMILES string of the molecule is CC1=CCC(C)(C=O)c2ccccc21. The standard InChI is InChI=1S/C13H14O/c1-10-7-8-13(2,9-14)12-6-4-3-5-11(10)12/h3-7,9H,8H2,1-2H3. The Morgan fingerprint density at radius 2 is 2.07 bits per heavy atom. The minimum atomic E-state index is -0.323. The predicted molar refractivity (Wildman–Crippen MR) is 58.1 cm³/mol. The number of carbonyl (C=O) groups excluding carboxylic acids is 1. The highest BCUT2D eigenvalue weighted by Crippen LogP contribution is 2.37. The quantitative estimate of drug-likeness (QED) is 0.616. The zero-order chi connectivity index (χ0) is 10.2. The number of rotatable bonds is 1. The first-order chi connectivity index (χ1) is 6.67. The third-order valence-electron chi connectivity index (χ3n) is 3.06. The van der Waals surface area contributed by atoms with E-state index in [1.165, 1.54) is 11.1 Å². The summed E-state index contributed by atoms with van der Waals surface area (Å²) in [4.78, 5) is 11.1. The van der Waals surface area contributed by atoms with Crippen LogP contribution in [0.2, 0.25) is 0 Å². The molecule has 2 rings (SSSR count). The molecule has 0 heterocycles. The zero-order valence-electron chi connectivity index (χ0n) is 8.58. The van der Waals surface area contributed by atoms with Gasteiger partial charge in [-0.2, -0.15) is 0 Å². The van der Waals surface area contributed by atoms with E-state index in [2.05, 4.69) is 25.1 Å². The summed E-state index contributed by atoms with van der Waals surface area (Å²) < 4.78 is 0. The number of hydrogen-bond donors (Lipinski definition) is 0. The second-order valence-electron chi connectivity index (χ2n) is 4.17. The van der Waals surface area contributed by atoms with Crippen molar-refractivity contribution in [2.24, 2.45) is 0 Å². The van der Waals surface area contributed by atoms with Crippen molar-refractivity contribution in [1.82, 2.24) is 0 Å². The minimum absolute atomic E-state index is 0.323. The number of aldehydes is 1. The molecule has 1 nitrogen and oxygen atoms in total. The van der Waals surface area contributed by atoms with E-state index >= 15 is 0 Å². The third kappa shape index (κ3) is 1.20. The van der Waals surface area contributed by atoms with E-state index < -0.39 is 0 Å². The first kappa shape index (κ1) is 9.20. The van der Waals surface area contributed by atoms with Gasteiger partial charge in [0.05, 0.1) is 5.41 Å². The molecule has 72 valence electrons. The van der Waals surface area contributed by atoms with E-state index in [-0.39, 0.29) is 5.41 Å². The summed E-state index contributed by atoms with van der Waals surface area (Å²) in [6.45, 7) is 4.10. The van der Waals surface area contributed by atoms with Gasteiger partial charge in [-0.1, -0.05) is 30.3 Å². The van der Waals surface area contributed by atoms with Crippen molar-refractivity contribution in [3.8, 4) is 0 Å². The van der Waals surface area contributed by atoms with Crippen molar-refractivity contribution in [3.63, 3.8) is 0 Å². The molecule has 0 fully saturated rings. The van der Waals surface area contributed by atoms with Crippen LogP contribution in [0, 0.1) is 0 Å². The molecular formula is C13H14O. The Morgan fingerprint density at radius 3 is 2.79 bits per heavy atom. The smallest absolute Gasteiger partial charge is 0.130 e. The average Bonchev–Trinajstić information content (AvgIpc) is 2.24. The Labute approximate surface area is 84.5 Å². The maximum Gasteiger partial charge on any atom is 0.130 e. The van der Waals surface area contributed by atoms with E-state index in [0.717, 1.165) is 18.3 Å². The van der Waals surface area contributed by atoms with Gasteiger partial charge < -0.3 is 4.79 Å². The van der Waals surface area contributed by atoms with Gasteiger partial charge in [0.15, 0.2) is 0 Å². The second-order valence-corrected chi connectivity index (χ2v) is 4.17. The molecule has 1 aromatic rings. The monoisotopic (exact) mass is 186 g/mol. The summed E-state index contributed by atoms with van der Waals surface area (Å²) in [6.07, 6.45) is 4.03. The lowest BCUT2D eigenvalue weighted by molar-refractivity contribution is -0.112. The molecule has 0 aromatic heterocycles. The van der Waals surface area contributed by atoms with Crippen LogP contribution in [0.15, 0.2) is 30.3 Å². The van der Waals surface area contributed by atoms with E-state index in [9.17, 15) is 4.79 Å². The number of carbonyl (C=O) groups is 1. The maximum atomic E-state index is 11.1. The van der Waals surface area contributed by atoms with Gasteiger partial charge >= 0.3 is 0 Å². The molecule has 1 aliphatic rings. The molecule has 1 heteroatoms. The Morgan fingerprint density at radius 1 is 1.36 bits per heavy atom. The van der Waals surface area contributed by atoms with Crippen LogP contribution in [0.1, 0.15) is 31.4 Å². The number of hydrogen-bond acceptors (Lipinski definition) is 1. The molecule has 1 aromatic carbocycles. The van der Waals surface area contributed by atoms with E-state index in [4.69, 9.17) is 0 Å². The molecule has 1 aliphatic carbocycles. The van der Waals surface area contributed by atoms with Crippen molar-refractivity contribution in [2.45, 2.75) is 25.7 Å². The highest BCUT2D eigenvalue weighted by molar-refractivity contribution is 5.79. The van der Waals surface area contributed by atoms with Crippen molar-refractivity contribution < 1.29 is 4.79 Å². The van der Waals surface area contributed by atoms with Gasteiger partial charge in [0.2, 0.25) is 0 Å². The van der Waals surface area contributed by atoms with Crippen LogP contribution in [-0.4, -0.2) is 6.29 Å². The fourth-order valence-corrected chi connectivity index (χ4v) is 2.02. The van der Waals surface area contributed by atoms with Crippen molar-refractivity contribution in [1.29, 1.82) is 0 Å². The molecule has 0 N–H and O–H groups in total. The Bertz CT molecular complexity index is 403. The number of benzene rings is 1. The summed E-state index contributed by atoms with van der Waals surface area (Å²) >= 11 is 0. The molecule has 0 amide bonds. The van der Waals surface area contributed by atoms with Crippen molar-refractivity contribution in [2.75, 3.05) is 0 Å². The highest BCUT2D eigenvalue weighted by atomic mass is 16.1. The molecule has 0 aliphatic heterocycles. The molecule has 0 bridgehead atoms. The lowest BCUT2D eigenvalue weighted by Crippen LogP contribution is -2.26. The van der Waals surface area contributed by atoms with E-state index in [1.54, 1.807) is 0 Å². The van der Waals surface area contributed by atoms with Crippen LogP contribution in [-0.2, 0) is 10.2 Å². The summed E-state index contributed by atoms with van der Waals surface area (Å²) in [5.74, 6) is 0. The van der Waals surface area contributed by atoms with Gasteiger partial charge in [-0.25, -0.2) is 0 Å². The van der Waals surface area contributed by atoms with Gasteiger partial charge in [-0.05, 0) is 37.0 Å². The van der Waals surface area contributed by atoms with E-state index in [1.807, 2.05) is 19.1 Å². The molecule has 14 heavy (non-hydrogen) atoms.